The average Bonchev–Trinajstić information content (AvgIpc) is 2.95. The van der Waals surface area contributed by atoms with Crippen LogP contribution in [-0.2, 0) is 14.8 Å². The Kier molecular flexibility index (Phi) is 5.31. The molecule has 1 aromatic carbocycles. The third kappa shape index (κ3) is 4.02. The molecule has 0 spiro atoms. The number of carbonyl (C=O) groups excluding carboxylic acids is 1. The Morgan fingerprint density at radius 1 is 1.22 bits per heavy atom. The number of benzene rings is 1. The van der Waals surface area contributed by atoms with Gasteiger partial charge in [-0.15, -0.1) is 0 Å². The van der Waals surface area contributed by atoms with Gasteiger partial charge in [0.1, 0.15) is 5.65 Å². The van der Waals surface area contributed by atoms with E-state index in [-0.39, 0.29) is 10.0 Å². The van der Waals surface area contributed by atoms with Gasteiger partial charge >= 0.3 is 0 Å². The predicted molar refractivity (Wildman–Crippen MR) is 105 cm³/mol. The van der Waals surface area contributed by atoms with Gasteiger partial charge in [-0.2, -0.15) is 0 Å². The van der Waals surface area contributed by atoms with Crippen molar-refractivity contribution < 1.29 is 13.2 Å². The maximum Gasteiger partial charge on any atom is 0.248 e. The molecule has 2 aromatic heterocycles. The third-order valence-corrected chi connectivity index (χ3v) is 5.88. The van der Waals surface area contributed by atoms with E-state index in [1.54, 1.807) is 34.9 Å². The number of imidazole rings is 1. The highest BCUT2D eigenvalue weighted by atomic mass is 35.5. The van der Waals surface area contributed by atoms with Crippen LogP contribution in [0.4, 0.5) is 5.69 Å². The lowest BCUT2D eigenvalue weighted by molar-refractivity contribution is -0.111. The van der Waals surface area contributed by atoms with Crippen LogP contribution in [0.3, 0.4) is 0 Å². The van der Waals surface area contributed by atoms with Gasteiger partial charge in [0, 0.05) is 32.1 Å². The second-order valence-corrected chi connectivity index (χ2v) is 8.36. The van der Waals surface area contributed by atoms with Crippen LogP contribution in [-0.4, -0.2) is 42.1 Å². The summed E-state index contributed by atoms with van der Waals surface area (Å²) in [6, 6.07) is 11.5. The highest BCUT2D eigenvalue weighted by molar-refractivity contribution is 7.89. The van der Waals surface area contributed by atoms with Crippen LogP contribution in [0.15, 0.2) is 59.6 Å². The molecule has 2 heterocycles. The molecule has 0 atom stereocenters. The van der Waals surface area contributed by atoms with E-state index in [1.165, 1.54) is 32.3 Å². The van der Waals surface area contributed by atoms with Gasteiger partial charge in [0.2, 0.25) is 15.9 Å². The number of fused-ring (bicyclic) bond motifs is 1. The van der Waals surface area contributed by atoms with E-state index < -0.39 is 15.9 Å². The van der Waals surface area contributed by atoms with Crippen LogP contribution in [0.1, 0.15) is 5.69 Å². The summed E-state index contributed by atoms with van der Waals surface area (Å²) in [5.41, 5.74) is 1.62. The summed E-state index contributed by atoms with van der Waals surface area (Å²) < 4.78 is 27.2. The standard InChI is InChI=1S/C18H17ClN4O3S/c1-22(2)27(25,26)14-7-5-6-13(12-14)20-17(24)10-9-15-18(19)21-16-8-3-4-11-23(15)16/h3-12H,1-2H3,(H,20,24). The number of carbonyl (C=O) groups is 1. The zero-order valence-electron chi connectivity index (χ0n) is 14.6. The largest absolute Gasteiger partial charge is 0.322 e. The zero-order chi connectivity index (χ0) is 19.6. The van der Waals surface area contributed by atoms with E-state index in [0.717, 1.165) is 4.31 Å². The summed E-state index contributed by atoms with van der Waals surface area (Å²) in [7, 11) is -0.683. The van der Waals surface area contributed by atoms with Gasteiger partial charge < -0.3 is 5.32 Å². The minimum atomic E-state index is -3.58. The summed E-state index contributed by atoms with van der Waals surface area (Å²) in [5, 5.41) is 2.92. The lowest BCUT2D eigenvalue weighted by atomic mass is 10.3. The number of anilines is 1. The molecule has 1 N–H and O–H groups in total. The summed E-state index contributed by atoms with van der Waals surface area (Å²) in [5.74, 6) is -0.420. The summed E-state index contributed by atoms with van der Waals surface area (Å²) in [4.78, 5) is 16.5. The smallest absolute Gasteiger partial charge is 0.248 e. The van der Waals surface area contributed by atoms with Crippen molar-refractivity contribution in [2.75, 3.05) is 19.4 Å². The van der Waals surface area contributed by atoms with E-state index in [4.69, 9.17) is 11.6 Å². The molecule has 7 nitrogen and oxygen atoms in total. The fourth-order valence-electron chi connectivity index (χ4n) is 2.42. The fraction of sp³-hybridized carbons (Fsp3) is 0.111. The highest BCUT2D eigenvalue weighted by Gasteiger charge is 2.17. The number of aromatic nitrogens is 2. The lowest BCUT2D eigenvalue weighted by Crippen LogP contribution is -2.22. The summed E-state index contributed by atoms with van der Waals surface area (Å²) in [6.45, 7) is 0. The maximum absolute atomic E-state index is 12.2. The Balaban J connectivity index is 1.80. The Bertz CT molecular complexity index is 1140. The van der Waals surface area contributed by atoms with Crippen molar-refractivity contribution in [3.8, 4) is 0 Å². The molecule has 0 aliphatic heterocycles. The SMILES string of the molecule is CN(C)S(=O)(=O)c1cccc(NC(=O)C=Cc2c(Cl)nc3ccccn23)c1. The van der Waals surface area contributed by atoms with E-state index in [2.05, 4.69) is 10.3 Å². The van der Waals surface area contributed by atoms with Crippen LogP contribution >= 0.6 is 11.6 Å². The zero-order valence-corrected chi connectivity index (χ0v) is 16.2. The predicted octanol–water partition coefficient (Wildman–Crippen LogP) is 2.89. The molecule has 0 unspecified atom stereocenters. The van der Waals surface area contributed by atoms with Crippen molar-refractivity contribution in [1.82, 2.24) is 13.7 Å². The quantitative estimate of drug-likeness (QED) is 0.663. The molecule has 0 aliphatic carbocycles. The third-order valence-electron chi connectivity index (χ3n) is 3.79. The van der Waals surface area contributed by atoms with Crippen molar-refractivity contribution >= 4 is 44.9 Å². The lowest BCUT2D eigenvalue weighted by Gasteiger charge is -2.12. The molecule has 3 rings (SSSR count). The van der Waals surface area contributed by atoms with Crippen LogP contribution in [0.25, 0.3) is 11.7 Å². The second kappa shape index (κ2) is 7.51. The number of halogens is 1. The summed E-state index contributed by atoms with van der Waals surface area (Å²) in [6.07, 6.45) is 4.66. The molecule has 3 aromatic rings. The second-order valence-electron chi connectivity index (χ2n) is 5.85. The molecular weight excluding hydrogens is 388 g/mol. The first-order chi connectivity index (χ1) is 12.8. The molecule has 27 heavy (non-hydrogen) atoms. The molecule has 0 saturated heterocycles. The van der Waals surface area contributed by atoms with Gasteiger partial charge in [0.25, 0.3) is 0 Å². The first-order valence-electron chi connectivity index (χ1n) is 7.93. The Morgan fingerprint density at radius 2 is 2.00 bits per heavy atom. The van der Waals surface area contributed by atoms with E-state index in [0.29, 0.717) is 17.0 Å². The highest BCUT2D eigenvalue weighted by Crippen LogP contribution is 2.20. The first-order valence-corrected chi connectivity index (χ1v) is 9.75. The van der Waals surface area contributed by atoms with Crippen molar-refractivity contribution in [3.05, 3.63) is 65.6 Å². The molecular formula is C18H17ClN4O3S. The van der Waals surface area contributed by atoms with Crippen molar-refractivity contribution in [1.29, 1.82) is 0 Å². The Labute approximate surface area is 161 Å². The minimum absolute atomic E-state index is 0.0964. The van der Waals surface area contributed by atoms with Crippen LogP contribution in [0.5, 0.6) is 0 Å². The molecule has 0 radical (unpaired) electrons. The number of pyridine rings is 1. The molecule has 0 saturated carbocycles. The first kappa shape index (κ1) is 19.1. The van der Waals surface area contributed by atoms with Gasteiger partial charge in [-0.05, 0) is 36.4 Å². The number of rotatable bonds is 5. The fourth-order valence-corrected chi connectivity index (χ4v) is 3.61. The number of hydrogen-bond acceptors (Lipinski definition) is 4. The van der Waals surface area contributed by atoms with Crippen molar-refractivity contribution in [2.24, 2.45) is 0 Å². The molecule has 9 heteroatoms. The number of sulfonamides is 1. The normalized spacial score (nSPS) is 12.1. The molecule has 0 fully saturated rings. The van der Waals surface area contributed by atoms with Gasteiger partial charge in [-0.25, -0.2) is 17.7 Å². The van der Waals surface area contributed by atoms with E-state index in [9.17, 15) is 13.2 Å². The van der Waals surface area contributed by atoms with Gasteiger partial charge in [0.05, 0.1) is 10.6 Å². The number of hydrogen-bond donors (Lipinski definition) is 1. The maximum atomic E-state index is 12.2. The topological polar surface area (TPSA) is 83.8 Å². The Hall–Kier alpha value is -2.68. The van der Waals surface area contributed by atoms with Crippen LogP contribution < -0.4 is 5.32 Å². The van der Waals surface area contributed by atoms with Crippen molar-refractivity contribution in [3.63, 3.8) is 0 Å². The van der Waals surface area contributed by atoms with Gasteiger partial charge in [-0.1, -0.05) is 23.7 Å². The number of nitrogens with zero attached hydrogens (tertiary/aromatic N) is 3. The van der Waals surface area contributed by atoms with E-state index in [1.807, 2.05) is 12.1 Å². The van der Waals surface area contributed by atoms with Gasteiger partial charge in [0.15, 0.2) is 5.15 Å². The molecule has 0 bridgehead atoms. The average molecular weight is 405 g/mol. The minimum Gasteiger partial charge on any atom is -0.322 e. The molecule has 1 amide bonds. The Morgan fingerprint density at radius 3 is 2.74 bits per heavy atom. The summed E-state index contributed by atoms with van der Waals surface area (Å²) >= 11 is 6.13. The number of amides is 1. The van der Waals surface area contributed by atoms with Crippen LogP contribution in [0, 0.1) is 0 Å². The number of nitrogens with one attached hydrogen (secondary N) is 1. The van der Waals surface area contributed by atoms with Gasteiger partial charge in [-0.3, -0.25) is 9.20 Å². The molecule has 140 valence electrons. The van der Waals surface area contributed by atoms with Crippen molar-refractivity contribution in [2.45, 2.75) is 4.90 Å². The monoisotopic (exact) mass is 404 g/mol. The van der Waals surface area contributed by atoms with Crippen LogP contribution in [0.2, 0.25) is 5.15 Å². The van der Waals surface area contributed by atoms with E-state index >= 15 is 0 Å². The molecule has 0 aliphatic rings.